The third-order valence-corrected chi connectivity index (χ3v) is 5.08. The van der Waals surface area contributed by atoms with Gasteiger partial charge in [0, 0.05) is 24.6 Å². The van der Waals surface area contributed by atoms with Gasteiger partial charge in [0.1, 0.15) is 0 Å². The van der Waals surface area contributed by atoms with Crippen molar-refractivity contribution in [3.63, 3.8) is 0 Å². The second kappa shape index (κ2) is 6.79. The molecular weight excluding hydrogens is 314 g/mol. The van der Waals surface area contributed by atoms with Crippen LogP contribution in [0.5, 0.6) is 11.5 Å². The predicted octanol–water partition coefficient (Wildman–Crippen LogP) is 4.00. The Morgan fingerprint density at radius 3 is 2.72 bits per heavy atom. The molecule has 0 N–H and O–H groups in total. The molecule has 2 aromatic carbocycles. The van der Waals surface area contributed by atoms with Gasteiger partial charge in [-0.05, 0) is 48.2 Å². The monoisotopic (exact) mass is 337 g/mol. The number of nitrogens with zero attached hydrogens (tertiary/aromatic N) is 1. The summed E-state index contributed by atoms with van der Waals surface area (Å²) in [6.07, 6.45) is 3.17. The van der Waals surface area contributed by atoms with Gasteiger partial charge in [-0.15, -0.1) is 0 Å². The Labute approximate surface area is 148 Å². The van der Waals surface area contributed by atoms with Gasteiger partial charge in [0.05, 0.1) is 0 Å². The lowest BCUT2D eigenvalue weighted by atomic mass is 9.98. The fraction of sp³-hybridized carbons (Fsp3) is 0.381. The molecule has 2 heterocycles. The van der Waals surface area contributed by atoms with Crippen molar-refractivity contribution < 1.29 is 14.3 Å². The van der Waals surface area contributed by atoms with Gasteiger partial charge < -0.3 is 14.4 Å². The lowest BCUT2D eigenvalue weighted by molar-refractivity contribution is 0.0791. The van der Waals surface area contributed by atoms with Crippen molar-refractivity contribution in [3.05, 3.63) is 59.2 Å². The maximum Gasteiger partial charge on any atom is 0.253 e. The Kier molecular flexibility index (Phi) is 4.35. The molecule has 2 aliphatic rings. The average Bonchev–Trinajstić information content (AvgIpc) is 3.31. The van der Waals surface area contributed by atoms with Crippen LogP contribution in [-0.4, -0.2) is 30.7 Å². The molecule has 1 saturated heterocycles. The summed E-state index contributed by atoms with van der Waals surface area (Å²) in [5.41, 5.74) is 3.29. The first-order chi connectivity index (χ1) is 12.2. The molecule has 4 heteroatoms. The number of aryl methyl sites for hydroxylation is 1. The zero-order chi connectivity index (χ0) is 17.2. The molecule has 130 valence electrons. The minimum atomic E-state index is 0.131. The van der Waals surface area contributed by atoms with E-state index in [1.54, 1.807) is 0 Å². The van der Waals surface area contributed by atoms with Crippen LogP contribution in [0.2, 0.25) is 0 Å². The second-order valence-corrected chi connectivity index (χ2v) is 6.80. The smallest absolute Gasteiger partial charge is 0.253 e. The molecule has 0 radical (unpaired) electrons. The average molecular weight is 337 g/mol. The number of fused-ring (bicyclic) bond motifs is 1. The minimum absolute atomic E-state index is 0.131. The fourth-order valence-electron chi connectivity index (χ4n) is 3.67. The van der Waals surface area contributed by atoms with E-state index in [0.29, 0.717) is 12.7 Å². The van der Waals surface area contributed by atoms with Crippen LogP contribution in [-0.2, 0) is 6.42 Å². The molecule has 0 aromatic heterocycles. The van der Waals surface area contributed by atoms with Crippen LogP contribution in [0.4, 0.5) is 0 Å². The molecule has 0 bridgehead atoms. The molecule has 2 aliphatic heterocycles. The van der Waals surface area contributed by atoms with Crippen LogP contribution < -0.4 is 9.47 Å². The van der Waals surface area contributed by atoms with E-state index < -0.39 is 0 Å². The summed E-state index contributed by atoms with van der Waals surface area (Å²) in [5, 5.41) is 0. The lowest BCUT2D eigenvalue weighted by Crippen LogP contribution is -2.28. The molecule has 1 atom stereocenters. The molecular formula is C21H23NO3. The SMILES string of the molecule is CCCc1ccc(C(=O)N2CCC(c3ccc4c(c3)OCO4)C2)cc1. The van der Waals surface area contributed by atoms with Crippen molar-refractivity contribution in [1.82, 2.24) is 4.90 Å². The van der Waals surface area contributed by atoms with Crippen LogP contribution in [0, 0.1) is 0 Å². The van der Waals surface area contributed by atoms with E-state index in [1.165, 1.54) is 11.1 Å². The van der Waals surface area contributed by atoms with E-state index in [4.69, 9.17) is 9.47 Å². The lowest BCUT2D eigenvalue weighted by Gasteiger charge is -2.17. The van der Waals surface area contributed by atoms with Crippen molar-refractivity contribution in [2.24, 2.45) is 0 Å². The van der Waals surface area contributed by atoms with E-state index in [2.05, 4.69) is 31.2 Å². The summed E-state index contributed by atoms with van der Waals surface area (Å²) < 4.78 is 10.8. The van der Waals surface area contributed by atoms with Crippen LogP contribution in [0.25, 0.3) is 0 Å². The van der Waals surface area contributed by atoms with Crippen molar-refractivity contribution in [1.29, 1.82) is 0 Å². The number of carbonyl (C=O) groups excluding carboxylic acids is 1. The van der Waals surface area contributed by atoms with Crippen LogP contribution in [0.3, 0.4) is 0 Å². The Bertz CT molecular complexity index is 769. The number of amides is 1. The molecule has 1 unspecified atom stereocenters. The maximum atomic E-state index is 12.8. The largest absolute Gasteiger partial charge is 0.454 e. The second-order valence-electron chi connectivity index (χ2n) is 6.80. The number of benzene rings is 2. The Hall–Kier alpha value is -2.49. The highest BCUT2D eigenvalue weighted by Gasteiger charge is 2.29. The summed E-state index contributed by atoms with van der Waals surface area (Å²) in [6, 6.07) is 14.2. The van der Waals surface area contributed by atoms with Gasteiger partial charge in [-0.2, -0.15) is 0 Å². The van der Waals surface area contributed by atoms with E-state index >= 15 is 0 Å². The topological polar surface area (TPSA) is 38.8 Å². The molecule has 0 saturated carbocycles. The van der Waals surface area contributed by atoms with Crippen molar-refractivity contribution in [3.8, 4) is 11.5 Å². The highest BCUT2D eigenvalue weighted by Crippen LogP contribution is 2.37. The number of hydrogen-bond donors (Lipinski definition) is 0. The first-order valence-corrected chi connectivity index (χ1v) is 9.02. The van der Waals surface area contributed by atoms with E-state index in [1.807, 2.05) is 23.1 Å². The van der Waals surface area contributed by atoms with Gasteiger partial charge in [0.2, 0.25) is 6.79 Å². The molecule has 25 heavy (non-hydrogen) atoms. The molecule has 0 aliphatic carbocycles. The van der Waals surface area contributed by atoms with Crippen molar-refractivity contribution >= 4 is 5.91 Å². The summed E-state index contributed by atoms with van der Waals surface area (Å²) in [4.78, 5) is 14.7. The standard InChI is InChI=1S/C21H23NO3/c1-2-3-15-4-6-16(7-5-15)21(23)22-11-10-18(13-22)17-8-9-19-20(12-17)25-14-24-19/h4-9,12,18H,2-3,10-11,13-14H2,1H3. The Balaban J connectivity index is 1.44. The van der Waals surface area contributed by atoms with Crippen molar-refractivity contribution in [2.45, 2.75) is 32.1 Å². The van der Waals surface area contributed by atoms with Gasteiger partial charge >= 0.3 is 0 Å². The van der Waals surface area contributed by atoms with E-state index in [9.17, 15) is 4.79 Å². The molecule has 0 spiro atoms. The third-order valence-electron chi connectivity index (χ3n) is 5.08. The van der Waals surface area contributed by atoms with E-state index in [-0.39, 0.29) is 5.91 Å². The normalized spacial score (nSPS) is 18.6. The van der Waals surface area contributed by atoms with Gasteiger partial charge in [0.25, 0.3) is 5.91 Å². The summed E-state index contributed by atoms with van der Waals surface area (Å²) in [7, 11) is 0. The number of ether oxygens (including phenoxy) is 2. The van der Waals surface area contributed by atoms with Gasteiger partial charge in [-0.3, -0.25) is 4.79 Å². The summed E-state index contributed by atoms with van der Waals surface area (Å²) >= 11 is 0. The number of rotatable bonds is 4. The van der Waals surface area contributed by atoms with Crippen LogP contribution >= 0.6 is 0 Å². The highest BCUT2D eigenvalue weighted by atomic mass is 16.7. The zero-order valence-corrected chi connectivity index (χ0v) is 14.5. The number of hydrogen-bond acceptors (Lipinski definition) is 3. The molecule has 2 aromatic rings. The molecule has 4 rings (SSSR count). The summed E-state index contributed by atoms with van der Waals surface area (Å²) in [6.45, 7) is 4.02. The fourth-order valence-corrected chi connectivity index (χ4v) is 3.67. The van der Waals surface area contributed by atoms with Gasteiger partial charge in [0.15, 0.2) is 11.5 Å². The number of carbonyl (C=O) groups is 1. The zero-order valence-electron chi connectivity index (χ0n) is 14.5. The molecule has 4 nitrogen and oxygen atoms in total. The Morgan fingerprint density at radius 1 is 1.12 bits per heavy atom. The third kappa shape index (κ3) is 3.21. The summed E-state index contributed by atoms with van der Waals surface area (Å²) in [5.74, 6) is 2.11. The minimum Gasteiger partial charge on any atom is -0.454 e. The maximum absolute atomic E-state index is 12.8. The molecule has 1 amide bonds. The van der Waals surface area contributed by atoms with Gasteiger partial charge in [-0.25, -0.2) is 0 Å². The highest BCUT2D eigenvalue weighted by molar-refractivity contribution is 5.94. The van der Waals surface area contributed by atoms with Crippen molar-refractivity contribution in [2.75, 3.05) is 19.9 Å². The quantitative estimate of drug-likeness (QED) is 0.846. The van der Waals surface area contributed by atoms with Gasteiger partial charge in [-0.1, -0.05) is 31.5 Å². The Morgan fingerprint density at radius 2 is 1.92 bits per heavy atom. The number of likely N-dealkylation sites (tertiary alicyclic amines) is 1. The van der Waals surface area contributed by atoms with Crippen LogP contribution in [0.15, 0.2) is 42.5 Å². The van der Waals surface area contributed by atoms with E-state index in [0.717, 1.165) is 49.4 Å². The molecule has 1 fully saturated rings. The van der Waals surface area contributed by atoms with Crippen LogP contribution in [0.1, 0.15) is 47.2 Å². The predicted molar refractivity (Wildman–Crippen MR) is 96.3 cm³/mol. The first-order valence-electron chi connectivity index (χ1n) is 9.02. The first kappa shape index (κ1) is 16.0.